The number of fused-ring (bicyclic) bond motifs is 5. The molecule has 44 heavy (non-hydrogen) atoms. The van der Waals surface area contributed by atoms with Crippen molar-refractivity contribution in [3.05, 3.63) is 47.0 Å². The van der Waals surface area contributed by atoms with E-state index in [9.17, 15) is 24.6 Å². The average Bonchev–Trinajstić information content (AvgIpc) is 2.96. The van der Waals surface area contributed by atoms with Gasteiger partial charge in [-0.2, -0.15) is 0 Å². The number of hydrogen-bond donors (Lipinski definition) is 2. The minimum absolute atomic E-state index is 0.0423. The summed E-state index contributed by atoms with van der Waals surface area (Å²) in [5, 5.41) is 25.6. The molecule has 2 N–H and O–H groups in total. The number of aliphatic hydroxyl groups is 2. The van der Waals surface area contributed by atoms with E-state index in [1.54, 1.807) is 51.1 Å². The molecule has 0 spiro atoms. The molecule has 0 aromatic heterocycles. The van der Waals surface area contributed by atoms with Gasteiger partial charge in [0, 0.05) is 38.7 Å². The normalized spacial score (nSPS) is 41.0. The molecule has 1 aliphatic heterocycles. The molecule has 1 aromatic rings. The quantitative estimate of drug-likeness (QED) is 0.203. The Morgan fingerprint density at radius 1 is 1.07 bits per heavy atom. The van der Waals surface area contributed by atoms with Crippen LogP contribution in [0.4, 0.5) is 0 Å². The van der Waals surface area contributed by atoms with Gasteiger partial charge in [0.15, 0.2) is 5.60 Å². The standard InChI is InChI=1S/C33H44O10S/c1-17-14-23-32(16-39-23,42-20(4)35)26-28(41-29(37)21-12-10-9-11-13-21)33(38)15-22(43-44-8)18(2)24(30(33,5)6)25(36)27(31(17,26)7)40-19(3)34/h9-13,17,22-23,25-28,36,38H,14-16H2,1-8H3/t17-,22-,23+,25+,26?,27+,28-,31+,32-,33+/m0/s1/i8T. The van der Waals surface area contributed by atoms with Gasteiger partial charge in [-0.3, -0.25) is 9.59 Å². The fourth-order valence-electron chi connectivity index (χ4n) is 8.71. The van der Waals surface area contributed by atoms with Crippen LogP contribution in [0, 0.1) is 22.7 Å². The predicted octanol–water partition coefficient (Wildman–Crippen LogP) is 4.02. The number of aliphatic hydroxyl groups excluding tert-OH is 1. The largest absolute Gasteiger partial charge is 0.459 e. The van der Waals surface area contributed by atoms with Crippen molar-refractivity contribution < 1.29 is 49.1 Å². The molecule has 1 aromatic carbocycles. The van der Waals surface area contributed by atoms with Crippen LogP contribution in [0.5, 0.6) is 0 Å². The Morgan fingerprint density at radius 2 is 1.75 bits per heavy atom. The lowest BCUT2D eigenvalue weighted by atomic mass is 9.43. The number of carbonyl (C=O) groups is 3. The summed E-state index contributed by atoms with van der Waals surface area (Å²) in [6, 6.07) is 8.40. The number of rotatable bonds is 6. The van der Waals surface area contributed by atoms with E-state index in [0.29, 0.717) is 17.6 Å². The lowest BCUT2D eigenvalue weighted by Crippen LogP contribution is -2.81. The smallest absolute Gasteiger partial charge is 0.338 e. The van der Waals surface area contributed by atoms with E-state index < -0.39 is 76.4 Å². The SMILES string of the molecule is [3H]CSO[C@H]1C[C@@]2(O)[C@@H](OC(=O)c3ccccc3)C3[C@](C)([C@H](OC(C)=O)[C@H](O)C(=C1C)C2(C)C)[C@@H](C)C[C@H]1OC[C@@]31OC(C)=O. The van der Waals surface area contributed by atoms with Gasteiger partial charge in [-0.25, -0.2) is 4.79 Å². The molecule has 2 bridgehead atoms. The van der Waals surface area contributed by atoms with E-state index in [1.807, 2.05) is 13.8 Å². The minimum atomic E-state index is -1.90. The molecule has 5 rings (SSSR count). The monoisotopic (exact) mass is 634 g/mol. The molecule has 1 saturated heterocycles. The molecule has 2 saturated carbocycles. The zero-order valence-electron chi connectivity index (χ0n) is 27.3. The Hall–Kier alpha value is -2.44. The van der Waals surface area contributed by atoms with E-state index in [4.69, 9.17) is 24.5 Å². The first-order valence-corrected chi connectivity index (χ1v) is 15.9. The molecule has 3 aliphatic carbocycles. The number of hydrogen-bond acceptors (Lipinski definition) is 11. The molecular weight excluding hydrogens is 588 g/mol. The van der Waals surface area contributed by atoms with Crippen molar-refractivity contribution in [3.8, 4) is 0 Å². The van der Waals surface area contributed by atoms with Crippen molar-refractivity contribution in [2.45, 2.75) is 103 Å². The van der Waals surface area contributed by atoms with Gasteiger partial charge in [-0.1, -0.05) is 45.9 Å². The molecule has 11 heteroatoms. The van der Waals surface area contributed by atoms with E-state index in [1.165, 1.54) is 13.8 Å². The van der Waals surface area contributed by atoms with Crippen molar-refractivity contribution in [2.75, 3.05) is 12.8 Å². The molecule has 242 valence electrons. The van der Waals surface area contributed by atoms with Gasteiger partial charge in [0.2, 0.25) is 0 Å². The summed E-state index contributed by atoms with van der Waals surface area (Å²) in [4.78, 5) is 39.6. The second-order valence-electron chi connectivity index (χ2n) is 13.5. The summed E-state index contributed by atoms with van der Waals surface area (Å²) in [6.45, 7) is 11.6. The maximum Gasteiger partial charge on any atom is 0.338 e. The zero-order valence-corrected chi connectivity index (χ0v) is 27.1. The summed E-state index contributed by atoms with van der Waals surface area (Å²) >= 11 is 0.892. The Kier molecular flexibility index (Phi) is 8.18. The summed E-state index contributed by atoms with van der Waals surface area (Å²) in [5.74, 6) is -3.24. The van der Waals surface area contributed by atoms with Crippen LogP contribution in [0.25, 0.3) is 0 Å². The van der Waals surface area contributed by atoms with Gasteiger partial charge in [0.25, 0.3) is 0 Å². The highest BCUT2D eigenvalue weighted by molar-refractivity contribution is 7.93. The van der Waals surface area contributed by atoms with Gasteiger partial charge < -0.3 is 33.3 Å². The molecule has 10 nitrogen and oxygen atoms in total. The number of carbonyl (C=O) groups excluding carboxylic acids is 3. The lowest BCUT2D eigenvalue weighted by molar-refractivity contribution is -0.358. The second-order valence-corrected chi connectivity index (χ2v) is 14.0. The molecular formula is C33H44O10S. The van der Waals surface area contributed by atoms with E-state index in [0.717, 1.165) is 12.0 Å². The van der Waals surface area contributed by atoms with Crippen LogP contribution < -0.4 is 0 Å². The van der Waals surface area contributed by atoms with E-state index in [2.05, 4.69) is 0 Å². The Morgan fingerprint density at radius 3 is 2.32 bits per heavy atom. The Labute approximate surface area is 264 Å². The minimum Gasteiger partial charge on any atom is -0.459 e. The molecule has 1 unspecified atom stereocenters. The Bertz CT molecular complexity index is 1370. The van der Waals surface area contributed by atoms with Gasteiger partial charge in [0.1, 0.15) is 30.0 Å². The maximum atomic E-state index is 14.0. The van der Waals surface area contributed by atoms with Crippen molar-refractivity contribution in [3.63, 3.8) is 0 Å². The third-order valence-electron chi connectivity index (χ3n) is 11.1. The molecule has 0 amide bonds. The van der Waals surface area contributed by atoms with Gasteiger partial charge in [-0.05, 0) is 54.6 Å². The van der Waals surface area contributed by atoms with Crippen molar-refractivity contribution in [1.82, 2.24) is 0 Å². The second kappa shape index (κ2) is 11.4. The van der Waals surface area contributed by atoms with Crippen LogP contribution in [0.2, 0.25) is 0 Å². The first kappa shape index (κ1) is 31.5. The molecule has 10 atom stereocenters. The molecule has 4 aliphatic rings. The topological polar surface area (TPSA) is 138 Å². The fourth-order valence-corrected chi connectivity index (χ4v) is 9.09. The van der Waals surface area contributed by atoms with Crippen LogP contribution in [0.1, 0.15) is 73.0 Å². The summed E-state index contributed by atoms with van der Waals surface area (Å²) in [5.41, 5.74) is -4.47. The van der Waals surface area contributed by atoms with Crippen molar-refractivity contribution in [1.29, 1.82) is 0 Å². The van der Waals surface area contributed by atoms with Crippen LogP contribution >= 0.6 is 12.0 Å². The molecule has 1 heterocycles. The molecule has 0 radical (unpaired) electrons. The third-order valence-corrected chi connectivity index (χ3v) is 11.4. The van der Waals surface area contributed by atoms with Crippen LogP contribution in [0.15, 0.2) is 41.5 Å². The fraction of sp³-hybridized carbons (Fsp3) is 0.667. The number of ether oxygens (including phenoxy) is 4. The molecule has 3 fully saturated rings. The van der Waals surface area contributed by atoms with E-state index >= 15 is 0 Å². The highest BCUT2D eigenvalue weighted by atomic mass is 32.2. The maximum absolute atomic E-state index is 14.0. The predicted molar refractivity (Wildman–Crippen MR) is 161 cm³/mol. The van der Waals surface area contributed by atoms with Crippen molar-refractivity contribution >= 4 is 30.0 Å². The van der Waals surface area contributed by atoms with E-state index in [-0.39, 0.29) is 30.7 Å². The highest BCUT2D eigenvalue weighted by Crippen LogP contribution is 2.66. The highest BCUT2D eigenvalue weighted by Gasteiger charge is 2.77. The summed E-state index contributed by atoms with van der Waals surface area (Å²) in [7, 11) is 0. The van der Waals surface area contributed by atoms with Crippen LogP contribution in [-0.2, 0) is 32.7 Å². The zero-order chi connectivity index (χ0) is 33.1. The summed E-state index contributed by atoms with van der Waals surface area (Å²) < 4.78 is 38.4. The third kappa shape index (κ3) is 4.73. The average molecular weight is 635 g/mol. The first-order valence-electron chi connectivity index (χ1n) is 15.7. The Balaban J connectivity index is 1.85. The van der Waals surface area contributed by atoms with Crippen molar-refractivity contribution in [2.24, 2.45) is 22.7 Å². The summed E-state index contributed by atoms with van der Waals surface area (Å²) in [6.07, 6.45) is -5.12. The van der Waals surface area contributed by atoms with Gasteiger partial charge in [0.05, 0.1) is 24.2 Å². The number of benzene rings is 1. The van der Waals surface area contributed by atoms with Crippen LogP contribution in [-0.4, -0.2) is 82.7 Å². The van der Waals surface area contributed by atoms with Gasteiger partial charge >= 0.3 is 17.9 Å². The number of esters is 3. The lowest BCUT2D eigenvalue weighted by Gasteiger charge is -2.69. The van der Waals surface area contributed by atoms with Crippen LogP contribution in [0.3, 0.4) is 0 Å². The first-order chi connectivity index (χ1) is 21.1. The van der Waals surface area contributed by atoms with Gasteiger partial charge in [-0.15, -0.1) is 0 Å².